The number of benzene rings is 2. The van der Waals surface area contributed by atoms with E-state index in [2.05, 4.69) is 15.2 Å². The van der Waals surface area contributed by atoms with Gasteiger partial charge in [-0.3, -0.25) is 4.79 Å². The maximum atomic E-state index is 12.4. The van der Waals surface area contributed by atoms with Crippen LogP contribution in [0.5, 0.6) is 0 Å². The highest BCUT2D eigenvalue weighted by molar-refractivity contribution is 7.94. The summed E-state index contributed by atoms with van der Waals surface area (Å²) >= 11 is 11.8. The Bertz CT molecular complexity index is 1220. The number of carbonyl (C=O) groups is 1. The minimum absolute atomic E-state index is 0.0414. The van der Waals surface area contributed by atoms with Gasteiger partial charge in [0, 0.05) is 11.8 Å². The summed E-state index contributed by atoms with van der Waals surface area (Å²) in [7, 11) is -3.98. The number of hydrogen-bond acceptors (Lipinski definition) is 5. The number of rotatable bonds is 6. The standard InChI is InChI=1S/C20H17Cl2N3O4S/c1-12-13(2)24-29-20(12)25-30(27,28)16-7-5-15(6-8-16)23-19(26)10-4-14-3-9-17(21)18(22)11-14/h3-11H,1-2H3,(H2,23,24,25,26)/p-1. The lowest BCUT2D eigenvalue weighted by Gasteiger charge is -2.19. The number of aromatic nitrogens is 1. The van der Waals surface area contributed by atoms with E-state index in [0.29, 0.717) is 32.6 Å². The predicted molar refractivity (Wildman–Crippen MR) is 117 cm³/mol. The average Bonchev–Trinajstić information content (AvgIpc) is 3.01. The van der Waals surface area contributed by atoms with Gasteiger partial charge in [0.05, 0.1) is 26.5 Å². The Labute approximate surface area is 183 Å². The topological polar surface area (TPSA) is 103 Å². The molecule has 0 saturated heterocycles. The highest BCUT2D eigenvalue weighted by Crippen LogP contribution is 2.32. The van der Waals surface area contributed by atoms with Crippen LogP contribution in [0.25, 0.3) is 10.8 Å². The monoisotopic (exact) mass is 464 g/mol. The molecule has 0 atom stereocenters. The molecule has 3 rings (SSSR count). The molecule has 0 spiro atoms. The zero-order chi connectivity index (χ0) is 21.9. The zero-order valence-corrected chi connectivity index (χ0v) is 18.2. The molecule has 1 amide bonds. The molecule has 0 fully saturated rings. The summed E-state index contributed by atoms with van der Waals surface area (Å²) in [5.74, 6) is -0.452. The van der Waals surface area contributed by atoms with Gasteiger partial charge in [-0.1, -0.05) is 34.4 Å². The Balaban J connectivity index is 1.66. The number of amides is 1. The number of aryl methyl sites for hydroxylation is 1. The van der Waals surface area contributed by atoms with E-state index in [1.807, 2.05) is 0 Å². The third-order valence-electron chi connectivity index (χ3n) is 4.13. The first-order valence-corrected chi connectivity index (χ1v) is 10.8. The lowest BCUT2D eigenvalue weighted by atomic mass is 10.2. The van der Waals surface area contributed by atoms with Gasteiger partial charge in [-0.2, -0.15) is 0 Å². The van der Waals surface area contributed by atoms with Crippen molar-refractivity contribution in [3.05, 3.63) is 80.1 Å². The van der Waals surface area contributed by atoms with Crippen molar-refractivity contribution < 1.29 is 17.7 Å². The molecule has 0 aliphatic carbocycles. The van der Waals surface area contributed by atoms with Gasteiger partial charge in [0.2, 0.25) is 5.91 Å². The molecule has 7 nitrogen and oxygen atoms in total. The van der Waals surface area contributed by atoms with Crippen LogP contribution in [0.3, 0.4) is 0 Å². The molecule has 0 radical (unpaired) electrons. The first-order valence-electron chi connectivity index (χ1n) is 8.61. The summed E-state index contributed by atoms with van der Waals surface area (Å²) in [5, 5.41) is 7.14. The lowest BCUT2D eigenvalue weighted by molar-refractivity contribution is -0.111. The maximum absolute atomic E-state index is 12.4. The molecule has 156 valence electrons. The van der Waals surface area contributed by atoms with Crippen molar-refractivity contribution in [2.24, 2.45) is 0 Å². The Hall–Kier alpha value is -2.81. The minimum atomic E-state index is -3.98. The fourth-order valence-corrected chi connectivity index (χ4v) is 3.61. The average molecular weight is 465 g/mol. The molecule has 0 aliphatic rings. The number of hydrogen-bond donors (Lipinski definition) is 1. The number of carbonyl (C=O) groups excluding carboxylic acids is 1. The largest absolute Gasteiger partial charge is 0.539 e. The van der Waals surface area contributed by atoms with E-state index in [1.54, 1.807) is 38.1 Å². The summed E-state index contributed by atoms with van der Waals surface area (Å²) in [5.41, 5.74) is 2.25. The van der Waals surface area contributed by atoms with E-state index in [-0.39, 0.29) is 10.8 Å². The quantitative estimate of drug-likeness (QED) is 0.474. The first-order chi connectivity index (χ1) is 14.2. The maximum Gasteiger partial charge on any atom is 0.248 e. The van der Waals surface area contributed by atoms with Crippen LogP contribution in [0.2, 0.25) is 10.0 Å². The summed E-state index contributed by atoms with van der Waals surface area (Å²) in [6.07, 6.45) is 2.91. The highest BCUT2D eigenvalue weighted by Gasteiger charge is 2.10. The fraction of sp³-hybridized carbons (Fsp3) is 0.100. The molecule has 1 heterocycles. The number of nitrogens with one attached hydrogen (secondary N) is 1. The highest BCUT2D eigenvalue weighted by atomic mass is 35.5. The van der Waals surface area contributed by atoms with Crippen molar-refractivity contribution in [2.75, 3.05) is 5.32 Å². The van der Waals surface area contributed by atoms with Crippen molar-refractivity contribution in [1.82, 2.24) is 5.16 Å². The van der Waals surface area contributed by atoms with Gasteiger partial charge in [-0.15, -0.1) is 0 Å². The lowest BCUT2D eigenvalue weighted by Crippen LogP contribution is -2.08. The van der Waals surface area contributed by atoms with E-state index >= 15 is 0 Å². The molecule has 1 N–H and O–H groups in total. The first kappa shape index (κ1) is 21.9. The van der Waals surface area contributed by atoms with Gasteiger partial charge in [0.25, 0.3) is 0 Å². The van der Waals surface area contributed by atoms with E-state index in [0.717, 1.165) is 0 Å². The van der Waals surface area contributed by atoms with E-state index in [9.17, 15) is 13.2 Å². The summed E-state index contributed by atoms with van der Waals surface area (Å²) in [4.78, 5) is 12.0. The molecule has 2 aromatic carbocycles. The zero-order valence-electron chi connectivity index (χ0n) is 15.9. The van der Waals surface area contributed by atoms with Crippen LogP contribution < -0.4 is 5.32 Å². The van der Waals surface area contributed by atoms with Gasteiger partial charge in [-0.25, -0.2) is 8.42 Å². The van der Waals surface area contributed by atoms with Crippen molar-refractivity contribution in [3.63, 3.8) is 0 Å². The van der Waals surface area contributed by atoms with Crippen LogP contribution in [0.1, 0.15) is 16.8 Å². The number of nitrogens with zero attached hydrogens (tertiary/aromatic N) is 2. The summed E-state index contributed by atoms with van der Waals surface area (Å²) < 4.78 is 33.5. The third kappa shape index (κ3) is 5.21. The number of halogens is 2. The van der Waals surface area contributed by atoms with Crippen LogP contribution in [-0.2, 0) is 14.8 Å². The molecule has 0 saturated carbocycles. The van der Waals surface area contributed by atoms with Crippen molar-refractivity contribution in [1.29, 1.82) is 0 Å². The van der Waals surface area contributed by atoms with Crippen LogP contribution in [0.15, 0.2) is 58.0 Å². The molecule has 0 bridgehead atoms. The second-order valence-electron chi connectivity index (χ2n) is 6.28. The van der Waals surface area contributed by atoms with Crippen LogP contribution >= 0.6 is 23.2 Å². The molecule has 0 aliphatic heterocycles. The summed E-state index contributed by atoms with van der Waals surface area (Å²) in [6.45, 7) is 3.36. The molecular weight excluding hydrogens is 449 g/mol. The van der Waals surface area contributed by atoms with Gasteiger partial charge in [0.1, 0.15) is 10.0 Å². The third-order valence-corrected chi connectivity index (χ3v) is 6.14. The van der Waals surface area contributed by atoms with Gasteiger partial charge < -0.3 is 14.6 Å². The van der Waals surface area contributed by atoms with E-state index in [1.165, 1.54) is 30.3 Å². The Morgan fingerprint density at radius 3 is 2.40 bits per heavy atom. The Morgan fingerprint density at radius 2 is 1.80 bits per heavy atom. The molecular formula is C20H16Cl2N3O4S-. The SMILES string of the molecule is Cc1noc([N-]S(=O)(=O)c2ccc(NC(=O)C=Cc3ccc(Cl)c(Cl)c3)cc2)c1C. The van der Waals surface area contributed by atoms with Gasteiger partial charge in [-0.05, 0) is 67.4 Å². The van der Waals surface area contributed by atoms with Gasteiger partial charge >= 0.3 is 0 Å². The Kier molecular flexibility index (Phi) is 6.50. The van der Waals surface area contributed by atoms with E-state index in [4.69, 9.17) is 27.7 Å². The number of sulfonamides is 1. The molecule has 0 unspecified atom stereocenters. The number of anilines is 1. The minimum Gasteiger partial charge on any atom is -0.539 e. The second-order valence-corrected chi connectivity index (χ2v) is 8.70. The Morgan fingerprint density at radius 1 is 1.10 bits per heavy atom. The molecule has 3 aromatic rings. The predicted octanol–water partition coefficient (Wildman–Crippen LogP) is 5.64. The van der Waals surface area contributed by atoms with Crippen LogP contribution in [0.4, 0.5) is 11.6 Å². The van der Waals surface area contributed by atoms with Crippen molar-refractivity contribution in [3.8, 4) is 0 Å². The molecule has 1 aromatic heterocycles. The van der Waals surface area contributed by atoms with Crippen LogP contribution in [-0.4, -0.2) is 19.5 Å². The summed E-state index contributed by atoms with van der Waals surface area (Å²) in [6, 6.07) is 10.6. The van der Waals surface area contributed by atoms with Crippen molar-refractivity contribution >= 4 is 56.8 Å². The fourth-order valence-electron chi connectivity index (χ4n) is 2.33. The second kappa shape index (κ2) is 8.91. The molecule has 30 heavy (non-hydrogen) atoms. The normalized spacial score (nSPS) is 11.6. The smallest absolute Gasteiger partial charge is 0.248 e. The van der Waals surface area contributed by atoms with Crippen LogP contribution in [0, 0.1) is 13.8 Å². The van der Waals surface area contributed by atoms with Crippen molar-refractivity contribution in [2.45, 2.75) is 18.7 Å². The van der Waals surface area contributed by atoms with E-state index < -0.39 is 15.9 Å². The molecule has 10 heteroatoms. The van der Waals surface area contributed by atoms with Gasteiger partial charge in [0.15, 0.2) is 0 Å².